The predicted molar refractivity (Wildman–Crippen MR) is 87.8 cm³/mol. The fourth-order valence-corrected chi connectivity index (χ4v) is 2.33. The van der Waals surface area contributed by atoms with Gasteiger partial charge in [0.1, 0.15) is 0 Å². The zero-order valence-corrected chi connectivity index (χ0v) is 13.2. The normalized spacial score (nSPS) is 11.3. The lowest BCUT2D eigenvalue weighted by Gasteiger charge is -2.17. The van der Waals surface area contributed by atoms with Crippen molar-refractivity contribution < 1.29 is 0 Å². The van der Waals surface area contributed by atoms with Gasteiger partial charge < -0.3 is 5.32 Å². The largest absolute Gasteiger partial charge is 0.310 e. The minimum atomic E-state index is 0.517. The molecule has 0 saturated carbocycles. The zero-order valence-electron chi connectivity index (χ0n) is 13.2. The highest BCUT2D eigenvalue weighted by molar-refractivity contribution is 5.23. The Morgan fingerprint density at radius 3 is 2.38 bits per heavy atom. The topological polar surface area (TPSA) is 28.2 Å². The Kier molecular flexibility index (Phi) is 5.90. The second-order valence-electron chi connectivity index (χ2n) is 5.88. The summed E-state index contributed by atoms with van der Waals surface area (Å²) >= 11 is 0. The van der Waals surface area contributed by atoms with E-state index in [1.54, 1.807) is 0 Å². The molecular weight excluding hydrogens is 258 g/mol. The van der Waals surface area contributed by atoms with Gasteiger partial charge in [-0.15, -0.1) is 0 Å². The van der Waals surface area contributed by atoms with E-state index < -0.39 is 0 Å². The van der Waals surface area contributed by atoms with Crippen LogP contribution in [-0.4, -0.2) is 23.0 Å². The number of rotatable bonds is 7. The van der Waals surface area contributed by atoms with Gasteiger partial charge in [0, 0.05) is 38.1 Å². The SMILES string of the molecule is CC(C)NCc1cccc(CN(C)Cc2ccncc2)c1. The molecule has 21 heavy (non-hydrogen) atoms. The van der Waals surface area contributed by atoms with Gasteiger partial charge >= 0.3 is 0 Å². The molecule has 1 aromatic heterocycles. The van der Waals surface area contributed by atoms with E-state index in [9.17, 15) is 0 Å². The Hall–Kier alpha value is -1.71. The van der Waals surface area contributed by atoms with E-state index in [0.29, 0.717) is 6.04 Å². The third-order valence-electron chi connectivity index (χ3n) is 3.36. The molecule has 0 spiro atoms. The average molecular weight is 283 g/mol. The number of aromatic nitrogens is 1. The second kappa shape index (κ2) is 7.91. The van der Waals surface area contributed by atoms with Crippen molar-refractivity contribution in [3.8, 4) is 0 Å². The molecule has 1 heterocycles. The summed E-state index contributed by atoms with van der Waals surface area (Å²) < 4.78 is 0. The molecule has 0 aliphatic rings. The van der Waals surface area contributed by atoms with E-state index in [1.165, 1.54) is 16.7 Å². The molecule has 0 radical (unpaired) electrons. The van der Waals surface area contributed by atoms with Crippen molar-refractivity contribution in [1.29, 1.82) is 0 Å². The Morgan fingerprint density at radius 2 is 1.67 bits per heavy atom. The lowest BCUT2D eigenvalue weighted by Crippen LogP contribution is -2.22. The molecule has 0 bridgehead atoms. The van der Waals surface area contributed by atoms with Crippen LogP contribution in [0.3, 0.4) is 0 Å². The van der Waals surface area contributed by atoms with Crippen molar-refractivity contribution in [2.24, 2.45) is 0 Å². The molecule has 2 rings (SSSR count). The highest BCUT2D eigenvalue weighted by Crippen LogP contribution is 2.10. The van der Waals surface area contributed by atoms with E-state index in [-0.39, 0.29) is 0 Å². The summed E-state index contributed by atoms with van der Waals surface area (Å²) in [5.74, 6) is 0. The standard InChI is InChI=1S/C18H25N3/c1-15(2)20-12-17-5-4-6-18(11-17)14-21(3)13-16-7-9-19-10-8-16/h4-11,15,20H,12-14H2,1-3H3. The minimum Gasteiger partial charge on any atom is -0.310 e. The first-order valence-electron chi connectivity index (χ1n) is 7.52. The van der Waals surface area contributed by atoms with Gasteiger partial charge in [0.15, 0.2) is 0 Å². The van der Waals surface area contributed by atoms with E-state index >= 15 is 0 Å². The Bertz CT molecular complexity index is 537. The van der Waals surface area contributed by atoms with Crippen LogP contribution in [0.2, 0.25) is 0 Å². The zero-order chi connectivity index (χ0) is 15.1. The maximum atomic E-state index is 4.06. The van der Waals surface area contributed by atoms with Gasteiger partial charge in [0.25, 0.3) is 0 Å². The predicted octanol–water partition coefficient (Wildman–Crippen LogP) is 3.21. The lowest BCUT2D eigenvalue weighted by molar-refractivity contribution is 0.319. The summed E-state index contributed by atoms with van der Waals surface area (Å²) in [5, 5.41) is 3.46. The number of hydrogen-bond acceptors (Lipinski definition) is 3. The number of pyridine rings is 1. The summed E-state index contributed by atoms with van der Waals surface area (Å²) in [7, 11) is 2.15. The molecule has 0 unspecified atom stereocenters. The van der Waals surface area contributed by atoms with Crippen molar-refractivity contribution >= 4 is 0 Å². The van der Waals surface area contributed by atoms with Crippen molar-refractivity contribution in [2.75, 3.05) is 7.05 Å². The van der Waals surface area contributed by atoms with Crippen LogP contribution in [0, 0.1) is 0 Å². The van der Waals surface area contributed by atoms with Gasteiger partial charge in [-0.05, 0) is 35.9 Å². The smallest absolute Gasteiger partial charge is 0.0271 e. The van der Waals surface area contributed by atoms with Gasteiger partial charge in [-0.3, -0.25) is 9.88 Å². The molecule has 0 aliphatic carbocycles. The molecule has 0 fully saturated rings. The summed E-state index contributed by atoms with van der Waals surface area (Å²) in [6.45, 7) is 7.17. The molecular formula is C18H25N3. The molecule has 2 aromatic rings. The number of hydrogen-bond donors (Lipinski definition) is 1. The summed E-state index contributed by atoms with van der Waals surface area (Å²) in [6, 6.07) is 13.5. The van der Waals surface area contributed by atoms with Crippen LogP contribution in [0.25, 0.3) is 0 Å². The fourth-order valence-electron chi connectivity index (χ4n) is 2.33. The monoisotopic (exact) mass is 283 g/mol. The molecule has 112 valence electrons. The second-order valence-corrected chi connectivity index (χ2v) is 5.88. The molecule has 3 heteroatoms. The van der Waals surface area contributed by atoms with Crippen molar-refractivity contribution in [2.45, 2.75) is 39.5 Å². The first kappa shape index (κ1) is 15.7. The van der Waals surface area contributed by atoms with Gasteiger partial charge in [-0.25, -0.2) is 0 Å². The van der Waals surface area contributed by atoms with Crippen LogP contribution >= 0.6 is 0 Å². The van der Waals surface area contributed by atoms with Crippen LogP contribution in [0.4, 0.5) is 0 Å². The van der Waals surface area contributed by atoms with Gasteiger partial charge in [-0.1, -0.05) is 38.1 Å². The van der Waals surface area contributed by atoms with E-state index in [1.807, 2.05) is 12.4 Å². The minimum absolute atomic E-state index is 0.517. The maximum absolute atomic E-state index is 4.06. The fraction of sp³-hybridized carbons (Fsp3) is 0.389. The third-order valence-corrected chi connectivity index (χ3v) is 3.36. The van der Waals surface area contributed by atoms with Crippen LogP contribution in [0.1, 0.15) is 30.5 Å². The van der Waals surface area contributed by atoms with Crippen molar-refractivity contribution in [3.63, 3.8) is 0 Å². The van der Waals surface area contributed by atoms with Gasteiger partial charge in [-0.2, -0.15) is 0 Å². The van der Waals surface area contributed by atoms with Crippen LogP contribution < -0.4 is 5.32 Å². The van der Waals surface area contributed by atoms with E-state index in [0.717, 1.165) is 19.6 Å². The summed E-state index contributed by atoms with van der Waals surface area (Å²) in [6.07, 6.45) is 3.70. The van der Waals surface area contributed by atoms with Crippen molar-refractivity contribution in [3.05, 3.63) is 65.5 Å². The Balaban J connectivity index is 1.91. The van der Waals surface area contributed by atoms with E-state index in [2.05, 4.69) is 72.5 Å². The van der Waals surface area contributed by atoms with Gasteiger partial charge in [0.2, 0.25) is 0 Å². The van der Waals surface area contributed by atoms with Crippen LogP contribution in [-0.2, 0) is 19.6 Å². The molecule has 1 N–H and O–H groups in total. The third kappa shape index (κ3) is 5.66. The first-order valence-corrected chi connectivity index (χ1v) is 7.52. The van der Waals surface area contributed by atoms with E-state index in [4.69, 9.17) is 0 Å². The molecule has 1 aromatic carbocycles. The number of nitrogens with one attached hydrogen (secondary N) is 1. The summed E-state index contributed by atoms with van der Waals surface area (Å²) in [4.78, 5) is 6.38. The molecule has 3 nitrogen and oxygen atoms in total. The average Bonchev–Trinajstić information content (AvgIpc) is 2.46. The Morgan fingerprint density at radius 1 is 1.00 bits per heavy atom. The van der Waals surface area contributed by atoms with Crippen LogP contribution in [0.5, 0.6) is 0 Å². The van der Waals surface area contributed by atoms with Crippen molar-refractivity contribution in [1.82, 2.24) is 15.2 Å². The molecule has 0 aliphatic heterocycles. The highest BCUT2D eigenvalue weighted by Gasteiger charge is 2.03. The highest BCUT2D eigenvalue weighted by atomic mass is 15.1. The summed E-state index contributed by atoms with van der Waals surface area (Å²) in [5.41, 5.74) is 4.00. The maximum Gasteiger partial charge on any atom is 0.0271 e. The molecule has 0 saturated heterocycles. The molecule has 0 amide bonds. The van der Waals surface area contributed by atoms with Crippen LogP contribution in [0.15, 0.2) is 48.8 Å². The first-order chi connectivity index (χ1) is 10.1. The molecule has 0 atom stereocenters. The quantitative estimate of drug-likeness (QED) is 0.845. The number of benzene rings is 1. The lowest BCUT2D eigenvalue weighted by atomic mass is 10.1. The Labute approximate surface area is 128 Å². The number of nitrogens with zero attached hydrogens (tertiary/aromatic N) is 2. The van der Waals surface area contributed by atoms with Gasteiger partial charge in [0.05, 0.1) is 0 Å².